The molecule has 12 nitrogen and oxygen atoms in total. The molecule has 1 unspecified atom stereocenters. The van der Waals surface area contributed by atoms with Gasteiger partial charge in [0.15, 0.2) is 0 Å². The molecule has 290 valence electrons. The van der Waals surface area contributed by atoms with E-state index >= 15 is 0 Å². The first-order chi connectivity index (χ1) is 26.7. The van der Waals surface area contributed by atoms with Crippen molar-refractivity contribution in [1.29, 1.82) is 0 Å². The van der Waals surface area contributed by atoms with E-state index in [9.17, 15) is 19.2 Å². The lowest BCUT2D eigenvalue weighted by atomic mass is 10.00. The standard InChI is InChI=1S/C43H46N6O6S/c1-42(2,47-29-12-15-33-35(23-29)56-39(45-33)27-9-7-26(8-10-27)28-11-17-36(44-25-28)48(5)6)19-22-55-43(3,4)20-21-54-30-13-14-31-32(24-30)41(53)49(40(31)52)34-16-18-37(50)46-38(34)51/h7-15,17,23-25,34,47H,16,18-22H2,1-6H3,(H,46,50,51). The Morgan fingerprint density at radius 1 is 0.857 bits per heavy atom. The molecule has 4 heterocycles. The number of carbonyl (C=O) groups is 4. The molecule has 7 rings (SSSR count). The number of carbonyl (C=O) groups excluding carboxylic acids is 4. The van der Waals surface area contributed by atoms with Gasteiger partial charge in [0.05, 0.1) is 33.6 Å². The molecule has 3 aromatic carbocycles. The van der Waals surface area contributed by atoms with E-state index in [1.807, 2.05) is 45.1 Å². The summed E-state index contributed by atoms with van der Waals surface area (Å²) in [5.41, 5.74) is 4.90. The molecule has 13 heteroatoms. The van der Waals surface area contributed by atoms with Gasteiger partial charge in [-0.1, -0.05) is 24.3 Å². The predicted octanol–water partition coefficient (Wildman–Crippen LogP) is 7.34. The molecule has 0 bridgehead atoms. The van der Waals surface area contributed by atoms with Gasteiger partial charge in [0, 0.05) is 62.1 Å². The first-order valence-electron chi connectivity index (χ1n) is 18.7. The van der Waals surface area contributed by atoms with Crippen molar-refractivity contribution >= 4 is 56.7 Å². The number of rotatable bonds is 14. The molecule has 2 N–H and O–H groups in total. The monoisotopic (exact) mass is 774 g/mol. The summed E-state index contributed by atoms with van der Waals surface area (Å²) in [7, 11) is 3.96. The fourth-order valence-electron chi connectivity index (χ4n) is 6.81. The van der Waals surface area contributed by atoms with Crippen LogP contribution >= 0.6 is 11.3 Å². The van der Waals surface area contributed by atoms with E-state index < -0.39 is 35.3 Å². The number of thiazole rings is 1. The topological polar surface area (TPSA) is 143 Å². The molecule has 0 aliphatic carbocycles. The Hall–Kier alpha value is -5.66. The van der Waals surface area contributed by atoms with Crippen molar-refractivity contribution in [3.05, 3.63) is 90.1 Å². The smallest absolute Gasteiger partial charge is 0.262 e. The number of hydrogen-bond donors (Lipinski definition) is 2. The summed E-state index contributed by atoms with van der Waals surface area (Å²) in [4.78, 5) is 62.5. The molecule has 0 radical (unpaired) electrons. The van der Waals surface area contributed by atoms with Crippen LogP contribution in [-0.2, 0) is 14.3 Å². The fraction of sp³-hybridized carbons (Fsp3) is 0.349. The average Bonchev–Trinajstić information content (AvgIpc) is 3.69. The third-order valence-corrected chi connectivity index (χ3v) is 11.2. The lowest BCUT2D eigenvalue weighted by molar-refractivity contribution is -0.136. The summed E-state index contributed by atoms with van der Waals surface area (Å²) < 4.78 is 13.4. The Morgan fingerprint density at radius 2 is 1.59 bits per heavy atom. The van der Waals surface area contributed by atoms with Gasteiger partial charge in [-0.15, -0.1) is 11.3 Å². The quantitative estimate of drug-likeness (QED) is 0.110. The van der Waals surface area contributed by atoms with Crippen molar-refractivity contribution in [2.45, 2.75) is 70.6 Å². The number of piperidine rings is 1. The van der Waals surface area contributed by atoms with Gasteiger partial charge in [0.2, 0.25) is 11.8 Å². The maximum atomic E-state index is 13.2. The first kappa shape index (κ1) is 38.6. The van der Waals surface area contributed by atoms with E-state index in [-0.39, 0.29) is 29.5 Å². The van der Waals surface area contributed by atoms with E-state index in [4.69, 9.17) is 14.5 Å². The van der Waals surface area contributed by atoms with Crippen molar-refractivity contribution in [3.8, 4) is 27.4 Å². The average molecular weight is 775 g/mol. The maximum Gasteiger partial charge on any atom is 0.262 e. The first-order valence-corrected chi connectivity index (χ1v) is 19.5. The number of anilines is 2. The molecule has 1 saturated heterocycles. The zero-order chi connectivity index (χ0) is 39.8. The molecule has 5 aromatic rings. The third kappa shape index (κ3) is 8.43. The zero-order valence-corrected chi connectivity index (χ0v) is 33.3. The molecule has 2 aliphatic rings. The Bertz CT molecular complexity index is 2300. The highest BCUT2D eigenvalue weighted by atomic mass is 32.1. The van der Waals surface area contributed by atoms with Gasteiger partial charge in [-0.25, -0.2) is 9.97 Å². The number of pyridine rings is 1. The molecule has 2 aromatic heterocycles. The van der Waals surface area contributed by atoms with Crippen molar-refractivity contribution in [1.82, 2.24) is 20.2 Å². The van der Waals surface area contributed by atoms with Crippen molar-refractivity contribution in [3.63, 3.8) is 0 Å². The normalized spacial score (nSPS) is 16.0. The number of nitrogens with one attached hydrogen (secondary N) is 2. The number of benzene rings is 3. The Kier molecular flexibility index (Phi) is 10.7. The summed E-state index contributed by atoms with van der Waals surface area (Å²) in [6, 6.07) is 22.6. The lowest BCUT2D eigenvalue weighted by Crippen LogP contribution is -2.54. The molecule has 2 aliphatic heterocycles. The summed E-state index contributed by atoms with van der Waals surface area (Å²) in [5, 5.41) is 6.86. The molecule has 0 spiro atoms. The van der Waals surface area contributed by atoms with Crippen molar-refractivity contribution < 1.29 is 28.7 Å². The SMILES string of the molecule is CN(C)c1ccc(-c2ccc(-c3nc4ccc(NC(C)(C)CCOC(C)(C)CCOc5ccc6c(c5)C(=O)N(C5CCC(=O)NC5=O)C6=O)cc4s3)cc2)cn1. The fourth-order valence-corrected chi connectivity index (χ4v) is 7.83. The van der Waals surface area contributed by atoms with Crippen molar-refractivity contribution in [2.24, 2.45) is 0 Å². The van der Waals surface area contributed by atoms with Crippen LogP contribution < -0.4 is 20.3 Å². The van der Waals surface area contributed by atoms with Gasteiger partial charge in [0.25, 0.3) is 11.8 Å². The number of ether oxygens (including phenoxy) is 2. The van der Waals surface area contributed by atoms with Crippen LogP contribution in [0.15, 0.2) is 79.0 Å². The molecule has 1 atom stereocenters. The van der Waals surface area contributed by atoms with Crippen LogP contribution in [0.3, 0.4) is 0 Å². The van der Waals surface area contributed by atoms with Crippen LogP contribution in [0.5, 0.6) is 5.75 Å². The number of nitrogens with zero attached hydrogens (tertiary/aromatic N) is 4. The second kappa shape index (κ2) is 15.5. The summed E-state index contributed by atoms with van der Waals surface area (Å²) in [6.45, 7) is 9.19. The lowest BCUT2D eigenvalue weighted by Gasteiger charge is -2.31. The highest BCUT2D eigenvalue weighted by molar-refractivity contribution is 7.21. The molecular weight excluding hydrogens is 729 g/mol. The van der Waals surface area contributed by atoms with Gasteiger partial charge in [0.1, 0.15) is 22.6 Å². The van der Waals surface area contributed by atoms with E-state index in [1.165, 1.54) is 6.07 Å². The molecular formula is C43H46N6O6S. The van der Waals surface area contributed by atoms with Crippen LogP contribution in [0.2, 0.25) is 0 Å². The minimum Gasteiger partial charge on any atom is -0.493 e. The van der Waals surface area contributed by atoms with Gasteiger partial charge < -0.3 is 19.7 Å². The van der Waals surface area contributed by atoms with Crippen LogP contribution in [0.1, 0.15) is 74.1 Å². The minimum absolute atomic E-state index is 0.0683. The van der Waals surface area contributed by atoms with Gasteiger partial charge in [-0.2, -0.15) is 0 Å². The maximum absolute atomic E-state index is 13.2. The highest BCUT2D eigenvalue weighted by Crippen LogP contribution is 2.35. The van der Waals surface area contributed by atoms with E-state index in [1.54, 1.807) is 23.5 Å². The number of fused-ring (bicyclic) bond motifs is 2. The third-order valence-electron chi connectivity index (χ3n) is 10.1. The van der Waals surface area contributed by atoms with Gasteiger partial charge >= 0.3 is 0 Å². The second-order valence-electron chi connectivity index (χ2n) is 15.7. The van der Waals surface area contributed by atoms with Crippen LogP contribution in [0.25, 0.3) is 31.9 Å². The number of imide groups is 2. The minimum atomic E-state index is -1.01. The molecule has 4 amide bonds. The zero-order valence-electron chi connectivity index (χ0n) is 32.5. The summed E-state index contributed by atoms with van der Waals surface area (Å²) in [6.07, 6.45) is 3.42. The van der Waals surface area contributed by atoms with Gasteiger partial charge in [-0.3, -0.25) is 29.4 Å². The van der Waals surface area contributed by atoms with E-state index in [0.717, 1.165) is 54.7 Å². The van der Waals surface area contributed by atoms with E-state index in [0.29, 0.717) is 25.4 Å². The largest absolute Gasteiger partial charge is 0.493 e. The summed E-state index contributed by atoms with van der Waals surface area (Å²) in [5.74, 6) is -0.795. The molecule has 0 saturated carbocycles. The van der Waals surface area contributed by atoms with Gasteiger partial charge in [-0.05, 0) is 94.6 Å². The second-order valence-corrected chi connectivity index (χ2v) is 16.7. The van der Waals surface area contributed by atoms with Crippen LogP contribution in [-0.4, -0.2) is 83.0 Å². The van der Waals surface area contributed by atoms with E-state index in [2.05, 4.69) is 78.0 Å². The Morgan fingerprint density at radius 3 is 2.30 bits per heavy atom. The number of aromatic nitrogens is 2. The van der Waals surface area contributed by atoms with Crippen LogP contribution in [0.4, 0.5) is 11.5 Å². The Balaban J connectivity index is 0.888. The highest BCUT2D eigenvalue weighted by Gasteiger charge is 2.44. The van der Waals surface area contributed by atoms with Crippen LogP contribution in [0, 0.1) is 0 Å². The predicted molar refractivity (Wildman–Crippen MR) is 218 cm³/mol. The molecule has 56 heavy (non-hydrogen) atoms. The number of amides is 4. The number of hydrogen-bond acceptors (Lipinski definition) is 11. The molecule has 1 fully saturated rings. The Labute approximate surface area is 330 Å². The van der Waals surface area contributed by atoms with Crippen molar-refractivity contribution in [2.75, 3.05) is 37.5 Å². The summed E-state index contributed by atoms with van der Waals surface area (Å²) >= 11 is 1.67.